The van der Waals surface area contributed by atoms with Crippen molar-refractivity contribution in [3.05, 3.63) is 67.2 Å². The fraction of sp³-hybridized carbons (Fsp3) is 0.409. The van der Waals surface area contributed by atoms with Gasteiger partial charge in [-0.15, -0.1) is 34.0 Å². The quantitative estimate of drug-likeness (QED) is 0.408. The maximum atomic E-state index is 13.1. The van der Waals surface area contributed by atoms with Crippen LogP contribution < -0.4 is 0 Å². The van der Waals surface area contributed by atoms with Gasteiger partial charge in [0.05, 0.1) is 29.9 Å². The highest BCUT2D eigenvalue weighted by atomic mass is 32.1. The molecule has 0 spiro atoms. The summed E-state index contributed by atoms with van der Waals surface area (Å²) in [7, 11) is 2.24. The number of likely N-dealkylation sites (N-methyl/N-ethyl adjacent to an activating group) is 1. The molecule has 1 aliphatic rings. The standard InChI is InChI=1S/C22H26NO3S3/c1-23(11-2-6-18-7-3-13-27-18)12-10-17(16-23)26-21(24)22(25,19-8-4-14-28-19)20-9-5-15-29-20/h3-5,7-9,13-15,17,25H,2,6,10-12,16H2,1H3/q+1. The number of hydrogen-bond acceptors (Lipinski definition) is 6. The molecule has 29 heavy (non-hydrogen) atoms. The summed E-state index contributed by atoms with van der Waals surface area (Å²) in [5.74, 6) is -0.556. The van der Waals surface area contributed by atoms with Gasteiger partial charge in [0.25, 0.3) is 0 Å². The zero-order valence-electron chi connectivity index (χ0n) is 16.5. The van der Waals surface area contributed by atoms with E-state index >= 15 is 0 Å². The van der Waals surface area contributed by atoms with E-state index in [2.05, 4.69) is 24.6 Å². The average Bonchev–Trinajstić information content (AvgIpc) is 3.49. The molecule has 7 heteroatoms. The molecule has 1 N–H and O–H groups in total. The van der Waals surface area contributed by atoms with Crippen LogP contribution in [0.15, 0.2) is 52.5 Å². The topological polar surface area (TPSA) is 46.5 Å². The minimum absolute atomic E-state index is 0.152. The summed E-state index contributed by atoms with van der Waals surface area (Å²) >= 11 is 4.56. The zero-order valence-corrected chi connectivity index (χ0v) is 18.9. The SMILES string of the molecule is C[N+]1(CCCc2cccs2)CCC(OC(=O)C(O)(c2cccs2)c2cccs2)C1. The summed E-state index contributed by atoms with van der Waals surface area (Å²) in [6.45, 7) is 2.88. The van der Waals surface area contributed by atoms with Crippen LogP contribution in [0.2, 0.25) is 0 Å². The number of likely N-dealkylation sites (tertiary alicyclic amines) is 1. The van der Waals surface area contributed by atoms with Crippen LogP contribution in [0.3, 0.4) is 0 Å². The van der Waals surface area contributed by atoms with Gasteiger partial charge in [-0.2, -0.15) is 0 Å². The Balaban J connectivity index is 1.39. The molecule has 0 radical (unpaired) electrons. The minimum Gasteiger partial charge on any atom is -0.453 e. The molecular formula is C22H26NO3S3+. The largest absolute Gasteiger partial charge is 0.453 e. The molecule has 3 aromatic rings. The van der Waals surface area contributed by atoms with Gasteiger partial charge in [0, 0.05) is 17.7 Å². The number of ether oxygens (including phenoxy) is 1. The molecule has 4 heterocycles. The molecule has 3 aromatic heterocycles. The van der Waals surface area contributed by atoms with Crippen LogP contribution >= 0.6 is 34.0 Å². The molecule has 4 rings (SSSR count). The Labute approximate surface area is 183 Å². The maximum absolute atomic E-state index is 13.1. The number of esters is 1. The van der Waals surface area contributed by atoms with Crippen LogP contribution in [0.25, 0.3) is 0 Å². The summed E-state index contributed by atoms with van der Waals surface area (Å²) in [6, 6.07) is 11.6. The molecule has 154 valence electrons. The van der Waals surface area contributed by atoms with E-state index in [1.807, 2.05) is 34.2 Å². The van der Waals surface area contributed by atoms with Gasteiger partial charge in [-0.25, -0.2) is 4.79 Å². The number of quaternary nitrogens is 1. The second-order valence-electron chi connectivity index (χ2n) is 7.91. The summed E-state index contributed by atoms with van der Waals surface area (Å²) in [5.41, 5.74) is -1.71. The maximum Gasteiger partial charge on any atom is 0.349 e. The predicted molar refractivity (Wildman–Crippen MR) is 120 cm³/mol. The van der Waals surface area contributed by atoms with Crippen LogP contribution in [-0.4, -0.2) is 48.3 Å². The van der Waals surface area contributed by atoms with Gasteiger partial charge in [0.2, 0.25) is 5.60 Å². The molecule has 1 fully saturated rings. The molecule has 0 bridgehead atoms. The molecule has 4 nitrogen and oxygen atoms in total. The van der Waals surface area contributed by atoms with E-state index in [4.69, 9.17) is 4.74 Å². The molecular weight excluding hydrogens is 422 g/mol. The van der Waals surface area contributed by atoms with Crippen LogP contribution in [0.1, 0.15) is 27.5 Å². The highest BCUT2D eigenvalue weighted by Gasteiger charge is 2.46. The summed E-state index contributed by atoms with van der Waals surface area (Å²) in [5, 5.41) is 17.3. The first kappa shape index (κ1) is 20.8. The third-order valence-electron chi connectivity index (χ3n) is 5.66. The van der Waals surface area contributed by atoms with Crippen LogP contribution in [0.5, 0.6) is 0 Å². The second kappa shape index (κ2) is 8.70. The first-order chi connectivity index (χ1) is 14.0. The minimum atomic E-state index is -1.71. The van der Waals surface area contributed by atoms with E-state index < -0.39 is 11.6 Å². The van der Waals surface area contributed by atoms with Gasteiger partial charge in [-0.05, 0) is 40.8 Å². The molecule has 0 aromatic carbocycles. The number of nitrogens with zero attached hydrogens (tertiary/aromatic N) is 1. The zero-order chi connectivity index (χ0) is 20.3. The van der Waals surface area contributed by atoms with Crippen molar-refractivity contribution in [2.45, 2.75) is 31.0 Å². The smallest absolute Gasteiger partial charge is 0.349 e. The third kappa shape index (κ3) is 4.49. The number of aliphatic hydroxyl groups is 1. The van der Waals surface area contributed by atoms with Crippen molar-refractivity contribution in [2.75, 3.05) is 26.7 Å². The van der Waals surface area contributed by atoms with E-state index in [-0.39, 0.29) is 6.10 Å². The van der Waals surface area contributed by atoms with E-state index in [1.54, 1.807) is 12.1 Å². The summed E-state index contributed by atoms with van der Waals surface area (Å²) in [4.78, 5) is 15.8. The molecule has 0 amide bonds. The number of aryl methyl sites for hydroxylation is 1. The first-order valence-electron chi connectivity index (χ1n) is 9.87. The Hall–Kier alpha value is -1.51. The van der Waals surface area contributed by atoms with Gasteiger partial charge in [0.15, 0.2) is 6.10 Å². The van der Waals surface area contributed by atoms with Gasteiger partial charge in [-0.3, -0.25) is 0 Å². The highest BCUT2D eigenvalue weighted by molar-refractivity contribution is 7.12. The summed E-state index contributed by atoms with van der Waals surface area (Å²) < 4.78 is 6.80. The van der Waals surface area contributed by atoms with Crippen molar-refractivity contribution in [1.29, 1.82) is 0 Å². The van der Waals surface area contributed by atoms with Crippen molar-refractivity contribution >= 4 is 40.0 Å². The first-order valence-corrected chi connectivity index (χ1v) is 12.5. The number of hydrogen-bond donors (Lipinski definition) is 1. The van der Waals surface area contributed by atoms with Crippen molar-refractivity contribution in [3.63, 3.8) is 0 Å². The monoisotopic (exact) mass is 448 g/mol. The van der Waals surface area contributed by atoms with E-state index in [0.717, 1.165) is 43.4 Å². The normalized spacial score (nSPS) is 22.1. The molecule has 2 atom stereocenters. The Bertz CT molecular complexity index is 871. The van der Waals surface area contributed by atoms with Gasteiger partial charge < -0.3 is 14.3 Å². The summed E-state index contributed by atoms with van der Waals surface area (Å²) in [6.07, 6.45) is 2.92. The number of thiophene rings is 3. The van der Waals surface area contributed by atoms with E-state index in [0.29, 0.717) is 9.75 Å². The fourth-order valence-corrected chi connectivity index (χ4v) is 6.51. The van der Waals surface area contributed by atoms with Gasteiger partial charge >= 0.3 is 5.97 Å². The Kier molecular flexibility index (Phi) is 6.22. The third-order valence-corrected chi connectivity index (χ3v) is 8.55. The Morgan fingerprint density at radius 3 is 2.38 bits per heavy atom. The van der Waals surface area contributed by atoms with Gasteiger partial charge in [0.1, 0.15) is 6.54 Å². The lowest BCUT2D eigenvalue weighted by atomic mass is 10.00. The molecule has 1 aliphatic heterocycles. The molecule has 1 saturated heterocycles. The lowest BCUT2D eigenvalue weighted by Crippen LogP contribution is -2.45. The predicted octanol–water partition coefficient (Wildman–Crippen LogP) is 4.50. The average molecular weight is 449 g/mol. The number of carbonyl (C=O) groups excluding carboxylic acids is 1. The highest BCUT2D eigenvalue weighted by Crippen LogP contribution is 2.37. The number of carbonyl (C=O) groups is 1. The lowest BCUT2D eigenvalue weighted by Gasteiger charge is -2.30. The molecule has 2 unspecified atom stereocenters. The van der Waals surface area contributed by atoms with Crippen molar-refractivity contribution in [1.82, 2.24) is 0 Å². The van der Waals surface area contributed by atoms with Crippen molar-refractivity contribution < 1.29 is 19.1 Å². The second-order valence-corrected chi connectivity index (χ2v) is 10.8. The van der Waals surface area contributed by atoms with Crippen LogP contribution in [-0.2, 0) is 21.6 Å². The van der Waals surface area contributed by atoms with E-state index in [9.17, 15) is 9.90 Å². The number of rotatable bonds is 8. The van der Waals surface area contributed by atoms with Gasteiger partial charge in [-0.1, -0.05) is 18.2 Å². The molecule has 0 saturated carbocycles. The molecule has 0 aliphatic carbocycles. The van der Waals surface area contributed by atoms with Crippen LogP contribution in [0, 0.1) is 0 Å². The Morgan fingerprint density at radius 2 is 1.79 bits per heavy atom. The fourth-order valence-electron chi connectivity index (χ4n) is 4.05. The van der Waals surface area contributed by atoms with Crippen molar-refractivity contribution in [3.8, 4) is 0 Å². The lowest BCUT2D eigenvalue weighted by molar-refractivity contribution is -0.899. The van der Waals surface area contributed by atoms with Crippen molar-refractivity contribution in [2.24, 2.45) is 0 Å². The van der Waals surface area contributed by atoms with Crippen LogP contribution in [0.4, 0.5) is 0 Å². The van der Waals surface area contributed by atoms with E-state index in [1.165, 1.54) is 27.6 Å². The Morgan fingerprint density at radius 1 is 1.14 bits per heavy atom.